The summed E-state index contributed by atoms with van der Waals surface area (Å²) in [5.41, 5.74) is 2.23. The summed E-state index contributed by atoms with van der Waals surface area (Å²) < 4.78 is 1.94. The van der Waals surface area contributed by atoms with Crippen molar-refractivity contribution in [1.29, 1.82) is 0 Å². The number of para-hydroxylation sites is 1. The topological polar surface area (TPSA) is 33.1 Å². The van der Waals surface area contributed by atoms with Crippen LogP contribution in [0.1, 0.15) is 12.1 Å². The molecule has 1 aromatic heterocycles. The zero-order valence-electron chi connectivity index (χ0n) is 11.3. The average molecular weight is 256 g/mol. The van der Waals surface area contributed by atoms with Gasteiger partial charge in [-0.3, -0.25) is 4.90 Å². The Kier molecular flexibility index (Phi) is 3.62. The Labute approximate surface area is 114 Å². The van der Waals surface area contributed by atoms with Crippen molar-refractivity contribution < 1.29 is 0 Å². The van der Waals surface area contributed by atoms with Gasteiger partial charge in [-0.25, -0.2) is 4.68 Å². The van der Waals surface area contributed by atoms with Gasteiger partial charge >= 0.3 is 0 Å². The van der Waals surface area contributed by atoms with Crippen molar-refractivity contribution >= 4 is 0 Å². The van der Waals surface area contributed by atoms with Gasteiger partial charge in [0.05, 0.1) is 11.4 Å². The molecule has 1 fully saturated rings. The van der Waals surface area contributed by atoms with E-state index >= 15 is 0 Å². The van der Waals surface area contributed by atoms with Crippen LogP contribution in [0.4, 0.5) is 0 Å². The minimum Gasteiger partial charge on any atom is -0.315 e. The Morgan fingerprint density at radius 3 is 2.89 bits per heavy atom. The second-order valence-corrected chi connectivity index (χ2v) is 5.15. The van der Waals surface area contributed by atoms with Gasteiger partial charge < -0.3 is 5.32 Å². The molecule has 1 unspecified atom stereocenters. The molecule has 0 amide bonds. The highest BCUT2D eigenvalue weighted by Gasteiger charge is 2.19. The van der Waals surface area contributed by atoms with Crippen molar-refractivity contribution in [1.82, 2.24) is 20.0 Å². The molecule has 1 aliphatic heterocycles. The van der Waals surface area contributed by atoms with Gasteiger partial charge in [0.1, 0.15) is 0 Å². The summed E-state index contributed by atoms with van der Waals surface area (Å²) in [4.78, 5) is 2.39. The predicted octanol–water partition coefficient (Wildman–Crippen LogP) is 1.67. The number of aromatic nitrogens is 2. The lowest BCUT2D eigenvalue weighted by Gasteiger charge is -2.22. The Bertz CT molecular complexity index is 514. The fourth-order valence-corrected chi connectivity index (χ4v) is 2.57. The first-order valence-electron chi connectivity index (χ1n) is 6.84. The van der Waals surface area contributed by atoms with Crippen LogP contribution in [-0.2, 0) is 6.54 Å². The standard InChI is InChI=1S/C15H20N4/c1-18(15-7-9-16-11-15)12-13-8-10-19(17-13)14-5-3-2-4-6-14/h2-6,8,10,15-16H,7,9,11-12H2,1H3. The minimum absolute atomic E-state index is 0.641. The molecule has 0 radical (unpaired) electrons. The van der Waals surface area contributed by atoms with E-state index in [4.69, 9.17) is 0 Å². The Morgan fingerprint density at radius 1 is 1.32 bits per heavy atom. The van der Waals surface area contributed by atoms with Crippen LogP contribution in [0, 0.1) is 0 Å². The Balaban J connectivity index is 1.68. The number of benzene rings is 1. The highest BCUT2D eigenvalue weighted by molar-refractivity contribution is 5.30. The van der Waals surface area contributed by atoms with E-state index in [2.05, 4.69) is 40.6 Å². The first-order valence-corrected chi connectivity index (χ1v) is 6.84. The number of hydrogen-bond acceptors (Lipinski definition) is 3. The summed E-state index contributed by atoms with van der Waals surface area (Å²) in [6, 6.07) is 13.0. The van der Waals surface area contributed by atoms with Gasteiger partial charge in [-0.15, -0.1) is 0 Å². The molecule has 4 nitrogen and oxygen atoms in total. The quantitative estimate of drug-likeness (QED) is 0.903. The third-order valence-electron chi connectivity index (χ3n) is 3.73. The number of rotatable bonds is 4. The van der Waals surface area contributed by atoms with Crippen LogP contribution in [0.2, 0.25) is 0 Å². The van der Waals surface area contributed by atoms with Crippen molar-refractivity contribution in [3.8, 4) is 5.69 Å². The van der Waals surface area contributed by atoms with Gasteiger partial charge in [0.25, 0.3) is 0 Å². The lowest BCUT2D eigenvalue weighted by Crippen LogP contribution is -2.33. The van der Waals surface area contributed by atoms with E-state index in [0.29, 0.717) is 6.04 Å². The summed E-state index contributed by atoms with van der Waals surface area (Å²) in [6.07, 6.45) is 3.27. The predicted molar refractivity (Wildman–Crippen MR) is 76.3 cm³/mol. The van der Waals surface area contributed by atoms with Crippen LogP contribution in [0.25, 0.3) is 5.69 Å². The molecule has 1 N–H and O–H groups in total. The summed E-state index contributed by atoms with van der Waals surface area (Å²) in [6.45, 7) is 3.13. The van der Waals surface area contributed by atoms with Crippen LogP contribution in [0.15, 0.2) is 42.6 Å². The lowest BCUT2D eigenvalue weighted by molar-refractivity contribution is 0.245. The van der Waals surface area contributed by atoms with E-state index in [9.17, 15) is 0 Å². The van der Waals surface area contributed by atoms with Crippen molar-refractivity contribution in [2.24, 2.45) is 0 Å². The van der Waals surface area contributed by atoms with Gasteiger partial charge in [-0.2, -0.15) is 5.10 Å². The molecular weight excluding hydrogens is 236 g/mol. The second-order valence-electron chi connectivity index (χ2n) is 5.15. The molecule has 1 aromatic carbocycles. The van der Waals surface area contributed by atoms with Crippen molar-refractivity contribution in [3.63, 3.8) is 0 Å². The molecule has 0 saturated carbocycles. The molecule has 0 bridgehead atoms. The molecule has 4 heteroatoms. The average Bonchev–Trinajstić information content (AvgIpc) is 3.11. The largest absolute Gasteiger partial charge is 0.315 e. The van der Waals surface area contributed by atoms with Gasteiger partial charge in [0.15, 0.2) is 0 Å². The lowest BCUT2D eigenvalue weighted by atomic mass is 10.2. The van der Waals surface area contributed by atoms with Crippen LogP contribution in [0.3, 0.4) is 0 Å². The number of hydrogen-bond donors (Lipinski definition) is 1. The summed E-state index contributed by atoms with van der Waals surface area (Å²) >= 11 is 0. The highest BCUT2D eigenvalue weighted by atomic mass is 15.3. The number of nitrogens with one attached hydrogen (secondary N) is 1. The Morgan fingerprint density at radius 2 is 2.16 bits per heavy atom. The second kappa shape index (κ2) is 5.55. The maximum Gasteiger partial charge on any atom is 0.0769 e. The SMILES string of the molecule is CN(Cc1ccn(-c2ccccc2)n1)C1CCNC1. The molecule has 2 heterocycles. The van der Waals surface area contributed by atoms with Crippen LogP contribution in [0.5, 0.6) is 0 Å². The molecular formula is C15H20N4. The zero-order chi connectivity index (χ0) is 13.1. The molecule has 100 valence electrons. The van der Waals surface area contributed by atoms with E-state index in [-0.39, 0.29) is 0 Å². The number of likely N-dealkylation sites (N-methyl/N-ethyl adjacent to an activating group) is 1. The van der Waals surface area contributed by atoms with E-state index < -0.39 is 0 Å². The molecule has 1 aliphatic rings. The van der Waals surface area contributed by atoms with Gasteiger partial charge in [0.2, 0.25) is 0 Å². The molecule has 0 aliphatic carbocycles. The normalized spacial score (nSPS) is 19.2. The van der Waals surface area contributed by atoms with E-state index in [1.807, 2.05) is 29.1 Å². The third kappa shape index (κ3) is 2.85. The Hall–Kier alpha value is -1.65. The molecule has 3 rings (SSSR count). The zero-order valence-corrected chi connectivity index (χ0v) is 11.3. The minimum atomic E-state index is 0.641. The van der Waals surface area contributed by atoms with E-state index in [0.717, 1.165) is 31.0 Å². The third-order valence-corrected chi connectivity index (χ3v) is 3.73. The summed E-state index contributed by atoms with van der Waals surface area (Å²) in [7, 11) is 2.18. The summed E-state index contributed by atoms with van der Waals surface area (Å²) in [5, 5.41) is 8.05. The first kappa shape index (κ1) is 12.4. The van der Waals surface area contributed by atoms with Gasteiger partial charge in [-0.1, -0.05) is 18.2 Å². The summed E-state index contributed by atoms with van der Waals surface area (Å²) in [5.74, 6) is 0. The maximum atomic E-state index is 4.65. The van der Waals surface area contributed by atoms with Gasteiger partial charge in [-0.05, 0) is 38.2 Å². The monoisotopic (exact) mass is 256 g/mol. The van der Waals surface area contributed by atoms with Crippen molar-refractivity contribution in [2.45, 2.75) is 19.0 Å². The van der Waals surface area contributed by atoms with Crippen LogP contribution >= 0.6 is 0 Å². The fraction of sp³-hybridized carbons (Fsp3) is 0.400. The fourth-order valence-electron chi connectivity index (χ4n) is 2.57. The molecule has 19 heavy (non-hydrogen) atoms. The smallest absolute Gasteiger partial charge is 0.0769 e. The van der Waals surface area contributed by atoms with E-state index in [1.54, 1.807) is 0 Å². The highest BCUT2D eigenvalue weighted by Crippen LogP contribution is 2.12. The maximum absolute atomic E-state index is 4.65. The van der Waals surface area contributed by atoms with Crippen LogP contribution in [-0.4, -0.2) is 40.9 Å². The molecule has 1 saturated heterocycles. The van der Waals surface area contributed by atoms with Crippen molar-refractivity contribution in [3.05, 3.63) is 48.3 Å². The molecule has 0 spiro atoms. The van der Waals surface area contributed by atoms with E-state index in [1.165, 1.54) is 6.42 Å². The molecule has 2 aromatic rings. The van der Waals surface area contributed by atoms with Crippen LogP contribution < -0.4 is 5.32 Å². The first-order chi connectivity index (χ1) is 9.33. The molecule has 1 atom stereocenters. The van der Waals surface area contributed by atoms with Crippen molar-refractivity contribution in [2.75, 3.05) is 20.1 Å². The van der Waals surface area contributed by atoms with Gasteiger partial charge in [0, 0.05) is 25.3 Å². The number of nitrogens with zero attached hydrogens (tertiary/aromatic N) is 3.